The fraction of sp³-hybridized carbons (Fsp3) is 0.437. The van der Waals surface area contributed by atoms with Gasteiger partial charge in [-0.05, 0) is 122 Å². The van der Waals surface area contributed by atoms with Crippen LogP contribution in [0.15, 0.2) is 60.9 Å². The largest absolute Gasteiger partial charge is 0.495 e. The molecule has 0 amide bonds. The Kier molecular flexibility index (Phi) is 28.3. The first-order chi connectivity index (χ1) is 49.2. The van der Waals surface area contributed by atoms with E-state index in [-0.39, 0.29) is 62.4 Å². The molecule has 0 atom stereocenters. The predicted octanol–water partition coefficient (Wildman–Crippen LogP) is 10.0. The van der Waals surface area contributed by atoms with Crippen molar-refractivity contribution in [2.24, 2.45) is 0 Å². The molecule has 0 aliphatic carbocycles. The molecule has 8 heterocycles. The minimum absolute atomic E-state index is 0.00272. The topological polar surface area (TPSA) is 293 Å². The Morgan fingerprint density at radius 1 is 0.569 bits per heavy atom. The summed E-state index contributed by atoms with van der Waals surface area (Å²) in [5, 5.41) is 9.81. The van der Waals surface area contributed by atoms with E-state index in [1.807, 2.05) is 5.92 Å². The monoisotopic (exact) mass is 1490 g/mol. The van der Waals surface area contributed by atoms with E-state index < -0.39 is 20.0 Å². The standard InChI is InChI=1S/C31H40ClN7O6S.C18H29N3O2.C13H12Cl2N4O4S.C9H3/c1-4-20-17-24(27(42-2)18-25(20)39-9-7-21(8-10-39)38-11-13-43-14-12-38)35-31-33-19-22(32)30(36-31)34-23-5-6-26-29(45-16-15-44-26)28(23)37-46(3,40)41;1-3-14-12-16(19)18(22-2)13-17(14)21-6-4-15(5-7-21)20-8-10-23-11-9-20;1-24(20,21)19-10-8(2-3-9-11(10)23-5-4-22-9)17-12-7(14)6-16-13(15)18-12;1-3-5-7-9-8-6-4-2/h5-6,17-19,21,37H,4,7-16H2,1-3H3,(H2,33,34,35,36);12-13,15H,3-11,19H2,1-2H3;2-3,6,19H,4-5H2,1H3,(H,16,17,18);1H3/q;;;-1. The summed E-state index contributed by atoms with van der Waals surface area (Å²) in [7, 11) is -3.87. The zero-order valence-electron chi connectivity index (χ0n) is 58.0. The number of halogens is 3. The van der Waals surface area contributed by atoms with Gasteiger partial charge in [0.05, 0.1) is 88.3 Å². The Balaban J connectivity index is 0.000000181. The number of anilines is 11. The number of hydrogen-bond acceptors (Lipinski definition) is 24. The zero-order chi connectivity index (χ0) is 72.8. The summed E-state index contributed by atoms with van der Waals surface area (Å²) in [5.74, 6) is 20.1. The van der Waals surface area contributed by atoms with Crippen LogP contribution in [0.4, 0.5) is 63.1 Å². The van der Waals surface area contributed by atoms with Gasteiger partial charge in [-0.25, -0.2) is 32.7 Å². The first kappa shape index (κ1) is 77.3. The highest BCUT2D eigenvalue weighted by atomic mass is 35.5. The van der Waals surface area contributed by atoms with Crippen LogP contribution in [-0.2, 0) is 42.4 Å². The summed E-state index contributed by atoms with van der Waals surface area (Å²) in [6.07, 6.45) is 17.8. The Hall–Kier alpha value is -8.91. The van der Waals surface area contributed by atoms with Gasteiger partial charge in [-0.2, -0.15) is 9.97 Å². The van der Waals surface area contributed by atoms with Crippen molar-refractivity contribution in [2.45, 2.75) is 71.4 Å². The molecule has 0 unspecified atom stereocenters. The van der Waals surface area contributed by atoms with Gasteiger partial charge in [-0.3, -0.25) is 25.2 Å². The lowest BCUT2D eigenvalue weighted by Crippen LogP contribution is -2.49. The maximum atomic E-state index is 12.2. The van der Waals surface area contributed by atoms with Gasteiger partial charge in [0.15, 0.2) is 34.6 Å². The highest BCUT2D eigenvalue weighted by Crippen LogP contribution is 2.47. The SMILES string of the molecule is CCc1cc(N)c(OC)cc1N1CCC(N2CCOCC2)CC1.CCc1cc(Nc2ncc(Cl)c(Nc3ccc4c(c3NS(C)(=O)=O)OCCO4)n2)c(OC)cc1N1CCC(N2CCOCC2)CC1.CS(=O)(=O)Nc1c(Nc2nc(Cl)ncc2Cl)ccc2c1OCCO2.[C-]#CC#CC#CC#CC. The van der Waals surface area contributed by atoms with Crippen LogP contribution in [0.25, 0.3) is 0 Å². The smallest absolute Gasteiger partial charge is 0.230 e. The van der Waals surface area contributed by atoms with Crippen molar-refractivity contribution >= 4 is 118 Å². The van der Waals surface area contributed by atoms with Gasteiger partial charge in [0.1, 0.15) is 59.3 Å². The number of rotatable bonds is 18. The number of methoxy groups -OCH3 is 2. The van der Waals surface area contributed by atoms with Crippen LogP contribution in [0.3, 0.4) is 0 Å². The van der Waals surface area contributed by atoms with Gasteiger partial charge < -0.3 is 75.8 Å². The Morgan fingerprint density at radius 3 is 1.49 bits per heavy atom. The predicted molar refractivity (Wildman–Crippen MR) is 401 cm³/mol. The minimum Gasteiger partial charge on any atom is -0.495 e. The molecule has 6 aromatic rings. The summed E-state index contributed by atoms with van der Waals surface area (Å²) in [6, 6.07) is 16.3. The van der Waals surface area contributed by atoms with Crippen molar-refractivity contribution < 1.29 is 54.7 Å². The Morgan fingerprint density at radius 2 is 1.02 bits per heavy atom. The molecule has 0 spiro atoms. The second-order valence-corrected chi connectivity index (χ2v) is 28.4. The molecule has 7 N–H and O–H groups in total. The molecular weight excluding hydrogens is 1410 g/mol. The fourth-order valence-corrected chi connectivity index (χ4v) is 13.8. The van der Waals surface area contributed by atoms with Gasteiger partial charge in [0.2, 0.25) is 31.3 Å². The van der Waals surface area contributed by atoms with Crippen molar-refractivity contribution in [2.75, 3.05) is 173 Å². The van der Waals surface area contributed by atoms with E-state index in [4.69, 9.17) is 84.9 Å². The summed E-state index contributed by atoms with van der Waals surface area (Å²) < 4.78 is 97.5. The molecule has 0 bridgehead atoms. The quantitative estimate of drug-likeness (QED) is 0.0202. The molecule has 544 valence electrons. The van der Waals surface area contributed by atoms with Crippen LogP contribution in [0.1, 0.15) is 57.6 Å². The molecule has 0 saturated carbocycles. The van der Waals surface area contributed by atoms with Gasteiger partial charge in [-0.15, -0.1) is 5.92 Å². The third-order valence-corrected chi connectivity index (χ3v) is 18.9. The molecule has 102 heavy (non-hydrogen) atoms. The number of aryl methyl sites for hydroxylation is 2. The van der Waals surface area contributed by atoms with Crippen LogP contribution in [0, 0.1) is 47.9 Å². The first-order valence-corrected chi connectivity index (χ1v) is 38.1. The molecule has 31 heteroatoms. The molecule has 0 radical (unpaired) electrons. The summed E-state index contributed by atoms with van der Waals surface area (Å²) in [4.78, 5) is 26.9. The number of nitrogens with two attached hydrogens (primary N) is 1. The first-order valence-electron chi connectivity index (χ1n) is 33.2. The maximum Gasteiger partial charge on any atom is 0.230 e. The van der Waals surface area contributed by atoms with Crippen molar-refractivity contribution in [1.29, 1.82) is 0 Å². The Labute approximate surface area is 612 Å². The molecule has 12 rings (SSSR count). The summed E-state index contributed by atoms with van der Waals surface area (Å²) in [6.45, 7) is 19.1. The Bertz CT molecular complexity index is 4380. The molecule has 4 aromatic carbocycles. The normalized spacial score (nSPS) is 16.0. The van der Waals surface area contributed by atoms with Crippen molar-refractivity contribution in [3.63, 3.8) is 0 Å². The van der Waals surface area contributed by atoms with Crippen LogP contribution in [-0.4, -0.2) is 191 Å². The fourth-order valence-electron chi connectivity index (χ4n) is 12.2. The van der Waals surface area contributed by atoms with E-state index in [0.717, 1.165) is 134 Å². The number of piperidine rings is 2. The van der Waals surface area contributed by atoms with Crippen molar-refractivity contribution in [3.05, 3.63) is 93.8 Å². The van der Waals surface area contributed by atoms with E-state index in [1.165, 1.54) is 47.7 Å². The third-order valence-electron chi connectivity index (χ3n) is 17.0. The van der Waals surface area contributed by atoms with Crippen LogP contribution < -0.4 is 69.3 Å². The molecule has 26 nitrogen and oxygen atoms in total. The lowest BCUT2D eigenvalue weighted by molar-refractivity contribution is 0.0115. The van der Waals surface area contributed by atoms with E-state index in [9.17, 15) is 16.8 Å². The number of benzene rings is 4. The van der Waals surface area contributed by atoms with Gasteiger partial charge in [0, 0.05) is 87.9 Å². The van der Waals surface area contributed by atoms with Gasteiger partial charge >= 0.3 is 0 Å². The number of nitrogen functional groups attached to an aromatic ring is 1. The molecule has 2 aromatic heterocycles. The zero-order valence-corrected chi connectivity index (χ0v) is 61.9. The molecule has 4 fully saturated rings. The highest BCUT2D eigenvalue weighted by molar-refractivity contribution is 7.92. The third kappa shape index (κ3) is 21.6. The maximum absolute atomic E-state index is 12.2. The molecule has 4 saturated heterocycles. The molecule has 6 aliphatic rings. The second-order valence-electron chi connectivity index (χ2n) is 23.7. The molecular formula is C71H84Cl3N14O12S2-. The summed E-state index contributed by atoms with van der Waals surface area (Å²) >= 11 is 18.3. The average molecular weight is 1500 g/mol. The highest BCUT2D eigenvalue weighted by Gasteiger charge is 2.31. The number of morpholine rings is 2. The average Bonchev–Trinajstić information content (AvgIpc) is 0.804. The van der Waals surface area contributed by atoms with Crippen molar-refractivity contribution in [1.82, 2.24) is 29.7 Å². The van der Waals surface area contributed by atoms with E-state index in [2.05, 4.69) is 139 Å². The van der Waals surface area contributed by atoms with Crippen LogP contribution in [0.5, 0.6) is 34.5 Å². The number of fused-ring (bicyclic) bond motifs is 2. The molecule has 6 aliphatic heterocycles. The second kappa shape index (κ2) is 37.3. The number of sulfonamides is 2. The number of nitrogens with one attached hydrogen (secondary N) is 5. The van der Waals surface area contributed by atoms with E-state index in [0.29, 0.717) is 60.5 Å². The lowest BCUT2D eigenvalue weighted by atomic mass is 10.00. The number of ether oxygens (including phenoxy) is 8. The van der Waals surface area contributed by atoms with Gasteiger partial charge in [-0.1, -0.05) is 43.0 Å². The lowest BCUT2D eigenvalue weighted by Gasteiger charge is -2.41. The van der Waals surface area contributed by atoms with E-state index >= 15 is 0 Å². The minimum atomic E-state index is -3.65. The van der Waals surface area contributed by atoms with Crippen molar-refractivity contribution in [3.8, 4) is 75.9 Å². The summed E-state index contributed by atoms with van der Waals surface area (Å²) in [5.41, 5.74) is 13.6. The van der Waals surface area contributed by atoms with Gasteiger partial charge in [0.25, 0.3) is 0 Å². The van der Waals surface area contributed by atoms with Crippen LogP contribution >= 0.6 is 34.8 Å². The number of hydrogen-bond donors (Lipinski definition) is 6. The number of nitrogens with zero attached hydrogens (tertiary/aromatic N) is 8. The van der Waals surface area contributed by atoms with E-state index in [1.54, 1.807) is 45.4 Å². The number of aromatic nitrogens is 4. The van der Waals surface area contributed by atoms with Crippen LogP contribution in [0.2, 0.25) is 15.3 Å².